The standard InChI is InChI=1S/C23H24F2O3/c1-13(23(26)27)22(14-5-6-14)15-3-2-4-18(9-15)28-12-16-10-19(16)20-11-17(24)7-8-21(20)25/h2-4,7-9,11,13-14,16,19,22H,5-6,10,12H2,1H3,(H,26,27)/t13-,16+,19-,22?/m0/s1. The Bertz CT molecular complexity index is 878. The Morgan fingerprint density at radius 2 is 2.00 bits per heavy atom. The number of carboxylic acid groups (broad SMARTS) is 1. The molecular formula is C23H24F2O3. The van der Waals surface area contributed by atoms with Crippen molar-refractivity contribution in [1.29, 1.82) is 0 Å². The number of rotatable bonds is 8. The van der Waals surface area contributed by atoms with Crippen molar-refractivity contribution in [3.05, 3.63) is 65.2 Å². The minimum atomic E-state index is -0.777. The lowest BCUT2D eigenvalue weighted by molar-refractivity contribution is -0.142. The summed E-state index contributed by atoms with van der Waals surface area (Å²) in [5.41, 5.74) is 1.42. The summed E-state index contributed by atoms with van der Waals surface area (Å²) in [4.78, 5) is 11.5. The van der Waals surface area contributed by atoms with Crippen molar-refractivity contribution >= 4 is 5.97 Å². The highest BCUT2D eigenvalue weighted by Crippen LogP contribution is 2.49. The van der Waals surface area contributed by atoms with Crippen molar-refractivity contribution in [2.75, 3.05) is 6.61 Å². The minimum Gasteiger partial charge on any atom is -0.493 e. The van der Waals surface area contributed by atoms with Crippen molar-refractivity contribution in [2.45, 2.75) is 38.0 Å². The number of hydrogen-bond acceptors (Lipinski definition) is 2. The van der Waals surface area contributed by atoms with E-state index in [9.17, 15) is 18.7 Å². The molecule has 5 heteroatoms. The number of ether oxygens (including phenoxy) is 1. The summed E-state index contributed by atoms with van der Waals surface area (Å²) in [7, 11) is 0. The highest BCUT2D eigenvalue weighted by molar-refractivity contribution is 5.71. The molecule has 0 bridgehead atoms. The zero-order valence-corrected chi connectivity index (χ0v) is 15.8. The first-order valence-corrected chi connectivity index (χ1v) is 9.84. The van der Waals surface area contributed by atoms with Gasteiger partial charge >= 0.3 is 5.97 Å². The first-order chi connectivity index (χ1) is 13.4. The van der Waals surface area contributed by atoms with E-state index in [1.54, 1.807) is 6.92 Å². The van der Waals surface area contributed by atoms with E-state index in [0.717, 1.165) is 30.9 Å². The number of benzene rings is 2. The Hall–Kier alpha value is -2.43. The van der Waals surface area contributed by atoms with Gasteiger partial charge in [0, 0.05) is 5.92 Å². The first kappa shape index (κ1) is 18.9. The van der Waals surface area contributed by atoms with Gasteiger partial charge in [0.15, 0.2) is 0 Å². The molecule has 2 aliphatic carbocycles. The van der Waals surface area contributed by atoms with Crippen LogP contribution in [0.15, 0.2) is 42.5 Å². The van der Waals surface area contributed by atoms with Crippen LogP contribution in [0.5, 0.6) is 5.75 Å². The summed E-state index contributed by atoms with van der Waals surface area (Å²) in [6.07, 6.45) is 2.91. The molecule has 2 saturated carbocycles. The minimum absolute atomic E-state index is 0.00360. The van der Waals surface area contributed by atoms with Crippen molar-refractivity contribution in [2.24, 2.45) is 17.8 Å². The van der Waals surface area contributed by atoms with Crippen LogP contribution in [0.4, 0.5) is 8.78 Å². The van der Waals surface area contributed by atoms with Crippen LogP contribution in [-0.2, 0) is 4.79 Å². The van der Waals surface area contributed by atoms with Crippen molar-refractivity contribution in [1.82, 2.24) is 0 Å². The number of halogens is 2. The van der Waals surface area contributed by atoms with E-state index in [1.165, 1.54) is 12.1 Å². The maximum Gasteiger partial charge on any atom is 0.306 e. The molecule has 4 rings (SSSR count). The zero-order chi connectivity index (χ0) is 19.8. The molecule has 0 heterocycles. The van der Waals surface area contributed by atoms with Crippen molar-refractivity contribution in [3.8, 4) is 5.75 Å². The molecule has 3 nitrogen and oxygen atoms in total. The van der Waals surface area contributed by atoms with Crippen LogP contribution in [0.25, 0.3) is 0 Å². The van der Waals surface area contributed by atoms with E-state index in [4.69, 9.17) is 4.74 Å². The maximum absolute atomic E-state index is 13.9. The molecule has 0 aliphatic heterocycles. The highest BCUT2D eigenvalue weighted by atomic mass is 19.1. The Balaban J connectivity index is 1.41. The molecule has 2 fully saturated rings. The highest BCUT2D eigenvalue weighted by Gasteiger charge is 2.41. The monoisotopic (exact) mass is 386 g/mol. The third-order valence-corrected chi connectivity index (χ3v) is 6.05. The molecule has 2 aromatic rings. The van der Waals surface area contributed by atoms with Gasteiger partial charge in [-0.25, -0.2) is 8.78 Å². The van der Waals surface area contributed by atoms with E-state index >= 15 is 0 Å². The van der Waals surface area contributed by atoms with Gasteiger partial charge < -0.3 is 9.84 Å². The lowest BCUT2D eigenvalue weighted by Crippen LogP contribution is -2.20. The molecule has 148 valence electrons. The molecule has 28 heavy (non-hydrogen) atoms. The molecule has 2 aliphatic rings. The molecule has 1 unspecified atom stereocenters. The van der Waals surface area contributed by atoms with Gasteiger partial charge in [0.1, 0.15) is 17.4 Å². The van der Waals surface area contributed by atoms with Crippen LogP contribution >= 0.6 is 0 Å². The Labute approximate surface area is 163 Å². The lowest BCUT2D eigenvalue weighted by atomic mass is 9.83. The molecular weight excluding hydrogens is 362 g/mol. The molecule has 0 saturated heterocycles. The normalized spacial score (nSPS) is 23.1. The molecule has 4 atom stereocenters. The maximum atomic E-state index is 13.9. The fraction of sp³-hybridized carbons (Fsp3) is 0.435. The van der Waals surface area contributed by atoms with E-state index in [2.05, 4.69) is 0 Å². The fourth-order valence-electron chi connectivity index (χ4n) is 4.20. The molecule has 1 N–H and O–H groups in total. The Morgan fingerprint density at radius 3 is 2.71 bits per heavy atom. The zero-order valence-electron chi connectivity index (χ0n) is 15.8. The summed E-state index contributed by atoms with van der Waals surface area (Å²) in [6, 6.07) is 11.2. The third kappa shape index (κ3) is 4.03. The van der Waals surface area contributed by atoms with Gasteiger partial charge in [-0.2, -0.15) is 0 Å². The fourth-order valence-corrected chi connectivity index (χ4v) is 4.20. The molecule has 0 spiro atoms. The predicted molar refractivity (Wildman–Crippen MR) is 101 cm³/mol. The van der Waals surface area contributed by atoms with Crippen molar-refractivity contribution < 1.29 is 23.4 Å². The average molecular weight is 386 g/mol. The molecule has 0 aromatic heterocycles. The first-order valence-electron chi connectivity index (χ1n) is 9.84. The van der Waals surface area contributed by atoms with Crippen LogP contribution < -0.4 is 4.74 Å². The number of hydrogen-bond donors (Lipinski definition) is 1. The van der Waals surface area contributed by atoms with Gasteiger partial charge in [0.25, 0.3) is 0 Å². The molecule has 0 radical (unpaired) electrons. The second kappa shape index (κ2) is 7.53. The van der Waals surface area contributed by atoms with Gasteiger partial charge in [-0.05, 0) is 78.5 Å². The summed E-state index contributed by atoms with van der Waals surface area (Å²) < 4.78 is 33.2. The summed E-state index contributed by atoms with van der Waals surface area (Å²) >= 11 is 0. The number of carboxylic acids is 1. The van der Waals surface area contributed by atoms with Gasteiger partial charge in [-0.1, -0.05) is 19.1 Å². The second-order valence-corrected chi connectivity index (χ2v) is 8.14. The van der Waals surface area contributed by atoms with Crippen LogP contribution in [0.2, 0.25) is 0 Å². The summed E-state index contributed by atoms with van der Waals surface area (Å²) in [5.74, 6) is -0.734. The number of aliphatic carboxylic acids is 1. The smallest absolute Gasteiger partial charge is 0.306 e. The van der Waals surface area contributed by atoms with Crippen LogP contribution in [0.3, 0.4) is 0 Å². The largest absolute Gasteiger partial charge is 0.493 e. The SMILES string of the molecule is C[C@H](C(=O)O)C(c1cccc(OC[C@H]2C[C@@H]2c2cc(F)ccc2F)c1)C1CC1. The molecule has 0 amide bonds. The van der Waals surface area contributed by atoms with Gasteiger partial charge in [-0.15, -0.1) is 0 Å². The van der Waals surface area contributed by atoms with E-state index in [0.29, 0.717) is 23.8 Å². The van der Waals surface area contributed by atoms with Gasteiger partial charge in [-0.3, -0.25) is 4.79 Å². The van der Waals surface area contributed by atoms with Gasteiger partial charge in [0.2, 0.25) is 0 Å². The summed E-state index contributed by atoms with van der Waals surface area (Å²) in [5, 5.41) is 9.43. The van der Waals surface area contributed by atoms with Crippen LogP contribution in [0.1, 0.15) is 49.1 Å². The van der Waals surface area contributed by atoms with E-state index < -0.39 is 17.7 Å². The average Bonchev–Trinajstić information content (AvgIpc) is 3.58. The van der Waals surface area contributed by atoms with E-state index in [1.807, 2.05) is 24.3 Å². The van der Waals surface area contributed by atoms with Crippen molar-refractivity contribution in [3.63, 3.8) is 0 Å². The van der Waals surface area contributed by atoms with Gasteiger partial charge in [0.05, 0.1) is 12.5 Å². The van der Waals surface area contributed by atoms with E-state index in [-0.39, 0.29) is 23.6 Å². The van der Waals surface area contributed by atoms with Crippen LogP contribution in [-0.4, -0.2) is 17.7 Å². The second-order valence-electron chi connectivity index (χ2n) is 8.14. The van der Waals surface area contributed by atoms with Crippen LogP contribution in [0, 0.1) is 29.4 Å². The topological polar surface area (TPSA) is 46.5 Å². The predicted octanol–water partition coefficient (Wildman–Crippen LogP) is 5.36. The Kier molecular flexibility index (Phi) is 5.09. The lowest BCUT2D eigenvalue weighted by Gasteiger charge is -2.21. The summed E-state index contributed by atoms with van der Waals surface area (Å²) in [6.45, 7) is 2.20. The molecule has 2 aromatic carbocycles. The quantitative estimate of drug-likeness (QED) is 0.664. The Morgan fingerprint density at radius 1 is 1.21 bits per heavy atom. The third-order valence-electron chi connectivity index (χ3n) is 6.05. The number of carbonyl (C=O) groups is 1.